The van der Waals surface area contributed by atoms with E-state index in [4.69, 9.17) is 9.47 Å². The quantitative estimate of drug-likeness (QED) is 0.166. The zero-order valence-electron chi connectivity index (χ0n) is 22.2. The molecule has 6 rings (SSSR count). The van der Waals surface area contributed by atoms with Crippen molar-refractivity contribution in [2.75, 3.05) is 13.2 Å². The van der Waals surface area contributed by atoms with Gasteiger partial charge in [0.1, 0.15) is 19.0 Å². The van der Waals surface area contributed by atoms with E-state index in [1.54, 1.807) is 24.3 Å². The van der Waals surface area contributed by atoms with Crippen molar-refractivity contribution in [3.05, 3.63) is 155 Å². The van der Waals surface area contributed by atoms with Crippen LogP contribution >= 0.6 is 0 Å². The van der Waals surface area contributed by atoms with Crippen molar-refractivity contribution in [1.82, 2.24) is 0 Å². The summed E-state index contributed by atoms with van der Waals surface area (Å²) in [5.41, 5.74) is 4.98. The van der Waals surface area contributed by atoms with Crippen molar-refractivity contribution >= 4 is 40.6 Å². The number of carbonyl (C=O) groups excluding carboxylic acids is 3. The van der Waals surface area contributed by atoms with Crippen molar-refractivity contribution in [3.8, 4) is 5.75 Å². The summed E-state index contributed by atoms with van der Waals surface area (Å²) in [4.78, 5) is 38.4. The van der Waals surface area contributed by atoms with Gasteiger partial charge in [0.15, 0.2) is 11.6 Å². The zero-order chi connectivity index (χ0) is 28.2. The molecule has 0 heterocycles. The smallest absolute Gasteiger partial charge is 0.338 e. The molecule has 5 nitrogen and oxygen atoms in total. The molecule has 0 unspecified atom stereocenters. The van der Waals surface area contributed by atoms with Crippen LogP contribution in [0.15, 0.2) is 127 Å². The highest BCUT2D eigenvalue weighted by Gasteiger charge is 2.30. The molecule has 1 aliphatic carbocycles. The first-order valence-electron chi connectivity index (χ1n) is 13.4. The molecule has 6 heteroatoms. The van der Waals surface area contributed by atoms with Gasteiger partial charge < -0.3 is 9.47 Å². The second-order valence-corrected chi connectivity index (χ2v) is 9.77. The predicted molar refractivity (Wildman–Crippen MR) is 160 cm³/mol. The Hall–Kier alpha value is -5.23. The van der Waals surface area contributed by atoms with E-state index in [-0.39, 0.29) is 42.6 Å². The molecular formula is C35H25BO5. The number of rotatable bonds is 8. The van der Waals surface area contributed by atoms with Crippen LogP contribution in [0.1, 0.15) is 42.2 Å². The van der Waals surface area contributed by atoms with E-state index in [0.29, 0.717) is 22.4 Å². The fourth-order valence-electron chi connectivity index (χ4n) is 5.23. The summed E-state index contributed by atoms with van der Waals surface area (Å²) in [6, 6.07) is 39.8. The van der Waals surface area contributed by atoms with Crippen molar-refractivity contribution in [2.24, 2.45) is 0 Å². The highest BCUT2D eigenvalue weighted by molar-refractivity contribution is 6.95. The summed E-state index contributed by atoms with van der Waals surface area (Å²) in [5, 5.41) is 0. The largest absolute Gasteiger partial charge is 0.490 e. The number of carbonyl (C=O) groups is 3. The number of fused-ring (bicyclic) bond motifs is 2. The first kappa shape index (κ1) is 26.0. The molecule has 0 atom stereocenters. The van der Waals surface area contributed by atoms with E-state index in [1.165, 1.54) is 29.1 Å². The van der Waals surface area contributed by atoms with Gasteiger partial charge in [-0.15, -0.1) is 0 Å². The Morgan fingerprint density at radius 1 is 0.537 bits per heavy atom. The van der Waals surface area contributed by atoms with Crippen LogP contribution in [0, 0.1) is 0 Å². The second-order valence-electron chi connectivity index (χ2n) is 9.77. The molecule has 0 saturated carbocycles. The van der Waals surface area contributed by atoms with Crippen LogP contribution in [0.3, 0.4) is 0 Å². The SMILES string of the molecule is O=C(OCCOc1ccc(B(c2ccccc2)c2ccccc2)cc1)c1ccc2c(c1)C(=O)c1ccccc1C2=O. The lowest BCUT2D eigenvalue weighted by molar-refractivity contribution is 0.0450. The van der Waals surface area contributed by atoms with Gasteiger partial charge in [0.25, 0.3) is 0 Å². The molecule has 1 aliphatic rings. The van der Waals surface area contributed by atoms with Gasteiger partial charge in [0, 0.05) is 22.3 Å². The van der Waals surface area contributed by atoms with Gasteiger partial charge in [0.05, 0.1) is 5.56 Å². The van der Waals surface area contributed by atoms with Gasteiger partial charge in [-0.25, -0.2) is 4.79 Å². The zero-order valence-corrected chi connectivity index (χ0v) is 22.2. The molecule has 0 spiro atoms. The number of esters is 1. The van der Waals surface area contributed by atoms with E-state index < -0.39 is 5.97 Å². The molecule has 0 aliphatic heterocycles. The summed E-state index contributed by atoms with van der Waals surface area (Å²) < 4.78 is 11.2. The molecule has 0 aromatic heterocycles. The summed E-state index contributed by atoms with van der Waals surface area (Å²) >= 11 is 0. The lowest BCUT2D eigenvalue weighted by Gasteiger charge is -2.17. The third kappa shape index (κ3) is 5.32. The van der Waals surface area contributed by atoms with Gasteiger partial charge >= 0.3 is 5.97 Å². The van der Waals surface area contributed by atoms with E-state index in [1.807, 2.05) is 48.5 Å². The minimum atomic E-state index is -0.584. The Kier molecular flexibility index (Phi) is 7.29. The number of hydrogen-bond donors (Lipinski definition) is 0. The first-order valence-corrected chi connectivity index (χ1v) is 13.4. The second kappa shape index (κ2) is 11.5. The summed E-state index contributed by atoms with van der Waals surface area (Å²) in [6.07, 6.45) is 0. The molecule has 41 heavy (non-hydrogen) atoms. The maximum atomic E-state index is 12.9. The third-order valence-electron chi connectivity index (χ3n) is 7.23. The third-order valence-corrected chi connectivity index (χ3v) is 7.23. The van der Waals surface area contributed by atoms with Crippen LogP contribution < -0.4 is 21.1 Å². The molecule has 0 amide bonds. The van der Waals surface area contributed by atoms with Gasteiger partial charge in [-0.2, -0.15) is 0 Å². The predicted octanol–water partition coefficient (Wildman–Crippen LogP) is 4.21. The Balaban J connectivity index is 1.08. The van der Waals surface area contributed by atoms with Crippen LogP contribution in [-0.2, 0) is 4.74 Å². The Morgan fingerprint density at radius 3 is 1.66 bits per heavy atom. The number of hydrogen-bond acceptors (Lipinski definition) is 5. The first-order chi connectivity index (χ1) is 20.1. The van der Waals surface area contributed by atoms with Crippen LogP contribution in [0.2, 0.25) is 0 Å². The van der Waals surface area contributed by atoms with Gasteiger partial charge in [-0.05, 0) is 30.3 Å². The van der Waals surface area contributed by atoms with Crippen LogP contribution in [0.25, 0.3) is 0 Å². The number of ketones is 2. The lowest BCUT2D eigenvalue weighted by atomic mass is 9.37. The van der Waals surface area contributed by atoms with E-state index in [2.05, 4.69) is 36.4 Å². The molecule has 0 fully saturated rings. The van der Waals surface area contributed by atoms with Crippen molar-refractivity contribution < 1.29 is 23.9 Å². The average molecular weight is 536 g/mol. The lowest BCUT2D eigenvalue weighted by Crippen LogP contribution is -2.51. The van der Waals surface area contributed by atoms with Crippen molar-refractivity contribution in [2.45, 2.75) is 0 Å². The van der Waals surface area contributed by atoms with E-state index in [9.17, 15) is 14.4 Å². The highest BCUT2D eigenvalue weighted by atomic mass is 16.6. The topological polar surface area (TPSA) is 69.7 Å². The van der Waals surface area contributed by atoms with Crippen molar-refractivity contribution in [1.29, 1.82) is 0 Å². The minimum Gasteiger partial charge on any atom is -0.490 e. The maximum Gasteiger partial charge on any atom is 0.338 e. The Bertz CT molecular complexity index is 1690. The molecule has 0 bridgehead atoms. The average Bonchev–Trinajstić information content (AvgIpc) is 3.03. The van der Waals surface area contributed by atoms with E-state index in [0.717, 1.165) is 5.46 Å². The normalized spacial score (nSPS) is 11.8. The Labute approximate surface area is 238 Å². The molecule has 5 aromatic carbocycles. The van der Waals surface area contributed by atoms with Crippen LogP contribution in [-0.4, -0.2) is 37.5 Å². The maximum absolute atomic E-state index is 12.9. The highest BCUT2D eigenvalue weighted by Crippen LogP contribution is 2.28. The summed E-state index contributed by atoms with van der Waals surface area (Å²) in [5.74, 6) is -0.424. The number of ether oxygens (including phenoxy) is 2. The summed E-state index contributed by atoms with van der Waals surface area (Å²) in [7, 11) is 0. The monoisotopic (exact) mass is 536 g/mol. The molecule has 198 valence electrons. The van der Waals surface area contributed by atoms with Crippen molar-refractivity contribution in [3.63, 3.8) is 0 Å². The fraction of sp³-hybridized carbons (Fsp3) is 0.0571. The van der Waals surface area contributed by atoms with Crippen LogP contribution in [0.5, 0.6) is 5.75 Å². The van der Waals surface area contributed by atoms with Gasteiger partial charge in [0.2, 0.25) is 6.71 Å². The standard InChI is InChI=1S/C35H25BO5/c37-33-29-13-7-8-14-30(29)34(38)32-23-24(15-20-31(32)33)35(39)41-22-21-40-28-18-16-27(17-19-28)36(25-9-3-1-4-10-25)26-11-5-2-6-12-26/h1-20,23H,21-22H2. The van der Waals surface area contributed by atoms with Crippen LogP contribution in [0.4, 0.5) is 0 Å². The van der Waals surface area contributed by atoms with E-state index >= 15 is 0 Å². The molecular weight excluding hydrogens is 511 g/mol. The molecule has 5 aromatic rings. The number of benzene rings is 5. The van der Waals surface area contributed by atoms with Gasteiger partial charge in [-0.3, -0.25) is 9.59 Å². The summed E-state index contributed by atoms with van der Waals surface area (Å²) in [6.45, 7) is 0.297. The molecule has 0 saturated heterocycles. The molecule has 0 N–H and O–H groups in total. The molecule has 0 radical (unpaired) electrons. The minimum absolute atomic E-state index is 0.0318. The van der Waals surface area contributed by atoms with Gasteiger partial charge in [-0.1, -0.05) is 113 Å². The Morgan fingerprint density at radius 2 is 1.05 bits per heavy atom. The fourth-order valence-corrected chi connectivity index (χ4v) is 5.23.